The number of carbonyl (C=O) groups excluding carboxylic acids is 3. The van der Waals surface area contributed by atoms with E-state index in [4.69, 9.17) is 0 Å². The zero-order valence-electron chi connectivity index (χ0n) is 18.1. The van der Waals surface area contributed by atoms with Crippen molar-refractivity contribution < 1.29 is 19.3 Å². The molecule has 0 saturated carbocycles. The number of imide groups is 1. The number of nitro benzene ring substituents is 1. The lowest BCUT2D eigenvalue weighted by molar-refractivity contribution is -0.384. The molecular weight excluding hydrogens is 440 g/mol. The Bertz CT molecular complexity index is 1290. The summed E-state index contributed by atoms with van der Waals surface area (Å²) in [7, 11) is 0. The molecule has 172 valence electrons. The van der Waals surface area contributed by atoms with Gasteiger partial charge in [-0.1, -0.05) is 0 Å². The maximum atomic E-state index is 12.5. The van der Waals surface area contributed by atoms with E-state index in [1.54, 1.807) is 24.3 Å². The number of benzene rings is 2. The van der Waals surface area contributed by atoms with E-state index in [2.05, 4.69) is 20.6 Å². The lowest BCUT2D eigenvalue weighted by atomic mass is 10.1. The van der Waals surface area contributed by atoms with Crippen LogP contribution >= 0.6 is 0 Å². The Kier molecular flexibility index (Phi) is 6.26. The second kappa shape index (κ2) is 9.45. The van der Waals surface area contributed by atoms with Gasteiger partial charge in [-0.15, -0.1) is 0 Å². The molecule has 34 heavy (non-hydrogen) atoms. The Balaban J connectivity index is 1.28. The molecule has 0 fully saturated rings. The van der Waals surface area contributed by atoms with Gasteiger partial charge in [0.15, 0.2) is 0 Å². The second-order valence-corrected chi connectivity index (χ2v) is 7.65. The molecule has 1 aliphatic rings. The molecule has 1 aliphatic heterocycles. The van der Waals surface area contributed by atoms with Crippen molar-refractivity contribution in [1.82, 2.24) is 14.9 Å². The summed E-state index contributed by atoms with van der Waals surface area (Å²) >= 11 is 0. The normalized spacial score (nSPS) is 12.4. The van der Waals surface area contributed by atoms with Crippen LogP contribution in [0.25, 0.3) is 0 Å². The first kappa shape index (κ1) is 22.5. The van der Waals surface area contributed by atoms with Crippen LogP contribution < -0.4 is 10.6 Å². The number of rotatable bonds is 8. The highest BCUT2D eigenvalue weighted by atomic mass is 16.6. The van der Waals surface area contributed by atoms with E-state index in [0.29, 0.717) is 11.5 Å². The van der Waals surface area contributed by atoms with Gasteiger partial charge in [0.1, 0.15) is 12.1 Å². The minimum atomic E-state index is -0.620. The summed E-state index contributed by atoms with van der Waals surface area (Å²) in [6.45, 7) is 1.90. The fraction of sp³-hybridized carbons (Fsp3) is 0.174. The van der Waals surface area contributed by atoms with E-state index in [1.807, 2.05) is 13.0 Å². The first-order chi connectivity index (χ1) is 16.3. The van der Waals surface area contributed by atoms with E-state index < -0.39 is 16.7 Å². The Morgan fingerprint density at radius 2 is 1.71 bits per heavy atom. The third-order valence-electron chi connectivity index (χ3n) is 5.20. The molecule has 2 heterocycles. The highest BCUT2D eigenvalue weighted by Gasteiger charge is 2.36. The molecule has 0 radical (unpaired) electrons. The fourth-order valence-corrected chi connectivity index (χ4v) is 3.52. The van der Waals surface area contributed by atoms with Gasteiger partial charge < -0.3 is 10.6 Å². The van der Waals surface area contributed by atoms with Gasteiger partial charge in [-0.3, -0.25) is 29.4 Å². The quantitative estimate of drug-likeness (QED) is 0.295. The summed E-state index contributed by atoms with van der Waals surface area (Å²) in [5, 5.41) is 16.8. The van der Waals surface area contributed by atoms with Crippen molar-refractivity contribution in [1.29, 1.82) is 0 Å². The van der Waals surface area contributed by atoms with Crippen LogP contribution in [0.15, 0.2) is 54.9 Å². The number of carbonyl (C=O) groups is 3. The Morgan fingerprint density at radius 3 is 2.41 bits per heavy atom. The van der Waals surface area contributed by atoms with Crippen molar-refractivity contribution in [2.45, 2.75) is 19.8 Å². The lowest BCUT2D eigenvalue weighted by Gasteiger charge is -2.13. The fourth-order valence-electron chi connectivity index (χ4n) is 3.52. The van der Waals surface area contributed by atoms with Gasteiger partial charge in [-0.05, 0) is 43.7 Å². The summed E-state index contributed by atoms with van der Waals surface area (Å²) < 4.78 is 0. The van der Waals surface area contributed by atoms with Crippen molar-refractivity contribution in [3.05, 3.63) is 81.8 Å². The summed E-state index contributed by atoms with van der Waals surface area (Å²) in [6, 6.07) is 12.5. The summed E-state index contributed by atoms with van der Waals surface area (Å²) in [6.07, 6.45) is 1.82. The van der Waals surface area contributed by atoms with Gasteiger partial charge in [0.25, 0.3) is 17.5 Å². The molecule has 3 amide bonds. The van der Waals surface area contributed by atoms with Crippen LogP contribution in [0.3, 0.4) is 0 Å². The van der Waals surface area contributed by atoms with Gasteiger partial charge in [0, 0.05) is 48.2 Å². The maximum absolute atomic E-state index is 12.5. The minimum Gasteiger partial charge on any atom is -0.340 e. The van der Waals surface area contributed by atoms with Gasteiger partial charge in [0.2, 0.25) is 5.91 Å². The molecular formula is C23H20N6O5. The average molecular weight is 460 g/mol. The first-order valence-corrected chi connectivity index (χ1v) is 10.4. The number of hydrogen-bond acceptors (Lipinski definition) is 8. The topological polar surface area (TPSA) is 147 Å². The third-order valence-corrected chi connectivity index (χ3v) is 5.20. The largest absolute Gasteiger partial charge is 0.340 e. The number of anilines is 3. The van der Waals surface area contributed by atoms with Crippen LogP contribution in [-0.4, -0.2) is 44.1 Å². The number of amides is 3. The molecule has 0 spiro atoms. The SMILES string of the molecule is Cc1cc(Nc2ccc(NC(=O)CCCN3C(=O)c4ccc([N+](=O)[O-])cc4C3=O)cc2)ncn1. The Labute approximate surface area is 194 Å². The third kappa shape index (κ3) is 4.88. The predicted molar refractivity (Wildman–Crippen MR) is 123 cm³/mol. The number of hydrogen-bond donors (Lipinski definition) is 2. The van der Waals surface area contributed by atoms with Gasteiger partial charge in [0.05, 0.1) is 16.1 Å². The molecule has 3 aromatic rings. The van der Waals surface area contributed by atoms with E-state index in [-0.39, 0.29) is 42.1 Å². The molecule has 0 atom stereocenters. The van der Waals surface area contributed by atoms with Crippen molar-refractivity contribution in [3.8, 4) is 0 Å². The number of aryl methyl sites for hydroxylation is 1. The molecule has 11 nitrogen and oxygen atoms in total. The second-order valence-electron chi connectivity index (χ2n) is 7.65. The van der Waals surface area contributed by atoms with Crippen molar-refractivity contribution in [3.63, 3.8) is 0 Å². The molecule has 0 saturated heterocycles. The first-order valence-electron chi connectivity index (χ1n) is 10.4. The standard InChI is InChI=1S/C23H20N6O5/c1-14-11-20(25-13-24-14)26-15-4-6-16(7-5-15)27-21(30)3-2-10-28-22(31)18-9-8-17(29(33)34)12-19(18)23(28)32/h4-9,11-13H,2-3,10H2,1H3,(H,27,30)(H,24,25,26). The van der Waals surface area contributed by atoms with Crippen LogP contribution in [0.1, 0.15) is 39.3 Å². The summed E-state index contributed by atoms with van der Waals surface area (Å²) in [5.74, 6) is -0.713. The predicted octanol–water partition coefficient (Wildman–Crippen LogP) is 3.45. The molecule has 0 unspecified atom stereocenters. The molecule has 4 rings (SSSR count). The van der Waals surface area contributed by atoms with Gasteiger partial charge >= 0.3 is 0 Å². The van der Waals surface area contributed by atoms with Crippen molar-refractivity contribution in [2.75, 3.05) is 17.2 Å². The van der Waals surface area contributed by atoms with Crippen LogP contribution in [0.2, 0.25) is 0 Å². The molecule has 2 aromatic carbocycles. The van der Waals surface area contributed by atoms with E-state index in [9.17, 15) is 24.5 Å². The lowest BCUT2D eigenvalue weighted by Crippen LogP contribution is -2.31. The summed E-state index contributed by atoms with van der Waals surface area (Å²) in [5.41, 5.74) is 2.11. The molecule has 11 heteroatoms. The zero-order chi connectivity index (χ0) is 24.2. The zero-order valence-corrected chi connectivity index (χ0v) is 18.1. The number of nitrogens with one attached hydrogen (secondary N) is 2. The maximum Gasteiger partial charge on any atom is 0.270 e. The van der Waals surface area contributed by atoms with E-state index >= 15 is 0 Å². The van der Waals surface area contributed by atoms with Crippen LogP contribution in [0.4, 0.5) is 22.9 Å². The molecule has 0 bridgehead atoms. The number of aromatic nitrogens is 2. The van der Waals surface area contributed by atoms with Crippen LogP contribution in [0, 0.1) is 17.0 Å². The molecule has 0 aliphatic carbocycles. The number of nitrogens with zero attached hydrogens (tertiary/aromatic N) is 4. The smallest absolute Gasteiger partial charge is 0.270 e. The highest BCUT2D eigenvalue weighted by molar-refractivity contribution is 6.21. The van der Waals surface area contributed by atoms with Crippen molar-refractivity contribution in [2.24, 2.45) is 0 Å². The van der Waals surface area contributed by atoms with Crippen molar-refractivity contribution >= 4 is 40.6 Å². The minimum absolute atomic E-state index is 0.00878. The van der Waals surface area contributed by atoms with Crippen LogP contribution in [0.5, 0.6) is 0 Å². The number of fused-ring (bicyclic) bond motifs is 1. The van der Waals surface area contributed by atoms with Gasteiger partial charge in [-0.25, -0.2) is 9.97 Å². The average Bonchev–Trinajstić information content (AvgIpc) is 3.04. The Morgan fingerprint density at radius 1 is 1.00 bits per heavy atom. The highest BCUT2D eigenvalue weighted by Crippen LogP contribution is 2.27. The number of nitro groups is 1. The monoisotopic (exact) mass is 460 g/mol. The number of non-ortho nitro benzene ring substituents is 1. The van der Waals surface area contributed by atoms with Crippen LogP contribution in [-0.2, 0) is 4.79 Å². The van der Waals surface area contributed by atoms with E-state index in [1.165, 1.54) is 18.5 Å². The van der Waals surface area contributed by atoms with E-state index in [0.717, 1.165) is 22.3 Å². The Hall–Kier alpha value is -4.67. The van der Waals surface area contributed by atoms with Gasteiger partial charge in [-0.2, -0.15) is 0 Å². The molecule has 1 aromatic heterocycles. The molecule has 2 N–H and O–H groups in total. The summed E-state index contributed by atoms with van der Waals surface area (Å²) in [4.78, 5) is 56.7.